The maximum absolute atomic E-state index is 5.66. The number of benzene rings is 1. The Bertz CT molecular complexity index is 610. The Balaban J connectivity index is 0.00000261. The maximum atomic E-state index is 5.66. The second kappa shape index (κ2) is 10.6. The van der Waals surface area contributed by atoms with E-state index < -0.39 is 0 Å². The van der Waals surface area contributed by atoms with Crippen LogP contribution in [0.25, 0.3) is 0 Å². The van der Waals surface area contributed by atoms with Crippen molar-refractivity contribution >= 4 is 29.9 Å². The van der Waals surface area contributed by atoms with Crippen LogP contribution in [0, 0.1) is 6.92 Å². The Kier molecular flexibility index (Phi) is 8.82. The number of likely N-dealkylation sites (tertiary alicyclic amines) is 1. The van der Waals surface area contributed by atoms with Gasteiger partial charge in [-0.05, 0) is 56.8 Å². The van der Waals surface area contributed by atoms with Crippen molar-refractivity contribution in [1.82, 2.24) is 15.1 Å². The average molecular weight is 486 g/mol. The van der Waals surface area contributed by atoms with Gasteiger partial charge in [0.1, 0.15) is 0 Å². The minimum Gasteiger partial charge on any atom is -0.381 e. The number of nitrogens with one attached hydrogen (secondary N) is 1. The first-order chi connectivity index (χ1) is 12.6. The van der Waals surface area contributed by atoms with Crippen LogP contribution in [-0.2, 0) is 11.3 Å². The second-order valence-corrected chi connectivity index (χ2v) is 7.71. The number of halogens is 1. The molecule has 2 saturated heterocycles. The van der Waals surface area contributed by atoms with Gasteiger partial charge >= 0.3 is 0 Å². The summed E-state index contributed by atoms with van der Waals surface area (Å²) in [5.74, 6) is 0.971. The normalized spacial score (nSPS) is 20.2. The van der Waals surface area contributed by atoms with E-state index in [-0.39, 0.29) is 29.5 Å². The zero-order valence-corrected chi connectivity index (χ0v) is 19.4. The fourth-order valence-electron chi connectivity index (χ4n) is 4.29. The number of aryl methyl sites for hydroxylation is 1. The molecule has 2 aliphatic rings. The molecule has 5 nitrogen and oxygen atoms in total. The highest BCUT2D eigenvalue weighted by Crippen LogP contribution is 2.30. The van der Waals surface area contributed by atoms with Gasteiger partial charge in [-0.2, -0.15) is 0 Å². The minimum absolute atomic E-state index is 0. The van der Waals surface area contributed by atoms with Crippen LogP contribution >= 0.6 is 24.0 Å². The molecule has 0 bridgehead atoms. The fraction of sp³-hybridized carbons (Fsp3) is 0.667. The number of ether oxygens (including phenoxy) is 1. The molecule has 0 unspecified atom stereocenters. The number of nitrogens with zero attached hydrogens (tertiary/aromatic N) is 3. The summed E-state index contributed by atoms with van der Waals surface area (Å²) in [6.07, 6.45) is 4.87. The molecule has 6 heteroatoms. The Labute approximate surface area is 181 Å². The van der Waals surface area contributed by atoms with Gasteiger partial charge in [0.2, 0.25) is 0 Å². The minimum atomic E-state index is 0. The van der Waals surface area contributed by atoms with Crippen molar-refractivity contribution < 1.29 is 4.74 Å². The molecule has 3 rings (SSSR count). The molecular formula is C21H35IN4O. The quantitative estimate of drug-likeness (QED) is 0.394. The summed E-state index contributed by atoms with van der Waals surface area (Å²) >= 11 is 0. The summed E-state index contributed by atoms with van der Waals surface area (Å²) in [4.78, 5) is 9.45. The van der Waals surface area contributed by atoms with E-state index >= 15 is 0 Å². The molecule has 152 valence electrons. The highest BCUT2D eigenvalue weighted by Gasteiger charge is 2.39. The molecule has 27 heavy (non-hydrogen) atoms. The van der Waals surface area contributed by atoms with Gasteiger partial charge < -0.3 is 15.0 Å². The maximum Gasteiger partial charge on any atom is 0.193 e. The van der Waals surface area contributed by atoms with Gasteiger partial charge in [0.25, 0.3) is 0 Å². The van der Waals surface area contributed by atoms with E-state index in [4.69, 9.17) is 4.74 Å². The predicted molar refractivity (Wildman–Crippen MR) is 123 cm³/mol. The smallest absolute Gasteiger partial charge is 0.193 e. The highest BCUT2D eigenvalue weighted by atomic mass is 127. The molecule has 2 aliphatic heterocycles. The lowest BCUT2D eigenvalue weighted by Crippen LogP contribution is -2.58. The molecule has 0 radical (unpaired) electrons. The first-order valence-corrected chi connectivity index (χ1v) is 9.94. The summed E-state index contributed by atoms with van der Waals surface area (Å²) in [5, 5.41) is 3.68. The van der Waals surface area contributed by atoms with Crippen LogP contribution in [0.1, 0.15) is 36.8 Å². The van der Waals surface area contributed by atoms with Gasteiger partial charge in [-0.25, -0.2) is 0 Å². The number of guanidine groups is 1. The lowest BCUT2D eigenvalue weighted by Gasteiger charge is -2.45. The SMILES string of the molecule is CN=C(NCC1(N2CCCC2)CCOCC1)N(C)Cc1ccccc1C.I. The summed E-state index contributed by atoms with van der Waals surface area (Å²) in [6.45, 7) is 8.17. The van der Waals surface area contributed by atoms with Crippen molar-refractivity contribution in [3.05, 3.63) is 35.4 Å². The molecule has 2 heterocycles. The van der Waals surface area contributed by atoms with Crippen LogP contribution in [0.5, 0.6) is 0 Å². The predicted octanol–water partition coefficient (Wildman–Crippen LogP) is 3.27. The average Bonchev–Trinajstić information content (AvgIpc) is 3.20. The zero-order chi connectivity index (χ0) is 18.4. The molecular weight excluding hydrogens is 451 g/mol. The highest BCUT2D eigenvalue weighted by molar-refractivity contribution is 14.0. The lowest BCUT2D eigenvalue weighted by molar-refractivity contribution is -0.0166. The van der Waals surface area contributed by atoms with E-state index in [1.54, 1.807) is 0 Å². The Morgan fingerprint density at radius 3 is 2.52 bits per heavy atom. The van der Waals surface area contributed by atoms with Gasteiger partial charge in [0, 0.05) is 45.9 Å². The molecule has 0 spiro atoms. The van der Waals surface area contributed by atoms with Crippen LogP contribution in [0.4, 0.5) is 0 Å². The van der Waals surface area contributed by atoms with E-state index in [2.05, 4.69) is 58.3 Å². The number of rotatable bonds is 5. The Hall–Kier alpha value is -0.860. The van der Waals surface area contributed by atoms with Crippen LogP contribution in [0.2, 0.25) is 0 Å². The lowest BCUT2D eigenvalue weighted by atomic mass is 9.88. The summed E-state index contributed by atoms with van der Waals surface area (Å²) < 4.78 is 5.66. The van der Waals surface area contributed by atoms with E-state index in [9.17, 15) is 0 Å². The topological polar surface area (TPSA) is 40.1 Å². The van der Waals surface area contributed by atoms with Crippen LogP contribution in [-0.4, -0.2) is 68.2 Å². The van der Waals surface area contributed by atoms with Crippen molar-refractivity contribution in [1.29, 1.82) is 0 Å². The molecule has 1 N–H and O–H groups in total. The molecule has 0 aliphatic carbocycles. The van der Waals surface area contributed by atoms with E-state index in [0.29, 0.717) is 0 Å². The summed E-state index contributed by atoms with van der Waals surface area (Å²) in [6, 6.07) is 8.57. The largest absolute Gasteiger partial charge is 0.381 e. The first-order valence-electron chi connectivity index (χ1n) is 9.94. The monoisotopic (exact) mass is 486 g/mol. The van der Waals surface area contributed by atoms with Gasteiger partial charge in [0.05, 0.1) is 0 Å². The van der Waals surface area contributed by atoms with E-state index in [0.717, 1.165) is 45.1 Å². The third-order valence-electron chi connectivity index (χ3n) is 6.02. The van der Waals surface area contributed by atoms with Crippen molar-refractivity contribution in [2.24, 2.45) is 4.99 Å². The van der Waals surface area contributed by atoms with Crippen molar-refractivity contribution in [3.63, 3.8) is 0 Å². The molecule has 0 amide bonds. The molecule has 0 aromatic heterocycles. The van der Waals surface area contributed by atoms with Gasteiger partial charge in [0.15, 0.2) is 5.96 Å². The van der Waals surface area contributed by atoms with Crippen molar-refractivity contribution in [3.8, 4) is 0 Å². The summed E-state index contributed by atoms with van der Waals surface area (Å²) in [5.41, 5.74) is 2.89. The third kappa shape index (κ3) is 5.57. The van der Waals surface area contributed by atoms with E-state index in [1.165, 1.54) is 37.1 Å². The van der Waals surface area contributed by atoms with E-state index in [1.807, 2.05) is 7.05 Å². The zero-order valence-electron chi connectivity index (χ0n) is 17.0. The van der Waals surface area contributed by atoms with Crippen molar-refractivity contribution in [2.45, 2.75) is 44.7 Å². The summed E-state index contributed by atoms with van der Waals surface area (Å²) in [7, 11) is 4.00. The second-order valence-electron chi connectivity index (χ2n) is 7.71. The standard InChI is InChI=1S/C21H34N4O.HI/c1-18-8-4-5-9-19(18)16-24(3)20(22-2)23-17-21(10-14-26-15-11-21)25-12-6-7-13-25;/h4-5,8-9H,6-7,10-17H2,1-3H3,(H,22,23);1H. The van der Waals surface area contributed by atoms with Crippen LogP contribution < -0.4 is 5.32 Å². The Morgan fingerprint density at radius 2 is 1.89 bits per heavy atom. The third-order valence-corrected chi connectivity index (χ3v) is 6.02. The Morgan fingerprint density at radius 1 is 1.22 bits per heavy atom. The number of aliphatic imine (C=N–C) groups is 1. The van der Waals surface area contributed by atoms with Gasteiger partial charge in [-0.3, -0.25) is 9.89 Å². The molecule has 2 fully saturated rings. The fourth-order valence-corrected chi connectivity index (χ4v) is 4.29. The van der Waals surface area contributed by atoms with Crippen LogP contribution in [0.15, 0.2) is 29.3 Å². The first kappa shape index (κ1) is 22.4. The van der Waals surface area contributed by atoms with Gasteiger partial charge in [-0.1, -0.05) is 24.3 Å². The van der Waals surface area contributed by atoms with Gasteiger partial charge in [-0.15, -0.1) is 24.0 Å². The number of hydrogen-bond acceptors (Lipinski definition) is 3. The molecule has 1 aromatic carbocycles. The molecule has 0 saturated carbocycles. The molecule has 1 aromatic rings. The number of hydrogen-bond donors (Lipinski definition) is 1. The molecule has 0 atom stereocenters. The van der Waals surface area contributed by atoms with Crippen LogP contribution in [0.3, 0.4) is 0 Å². The van der Waals surface area contributed by atoms with Crippen molar-refractivity contribution in [2.75, 3.05) is 46.9 Å².